The van der Waals surface area contributed by atoms with Gasteiger partial charge in [0.25, 0.3) is 11.6 Å². The minimum absolute atomic E-state index is 0.00818. The molecule has 1 heterocycles. The van der Waals surface area contributed by atoms with Crippen LogP contribution in [0.3, 0.4) is 0 Å². The van der Waals surface area contributed by atoms with E-state index in [0.29, 0.717) is 23.6 Å². The zero-order chi connectivity index (χ0) is 20.6. The minimum Gasteiger partial charge on any atom is -0.352 e. The summed E-state index contributed by atoms with van der Waals surface area (Å²) in [6.07, 6.45) is 5.02. The molecule has 1 saturated heterocycles. The first-order valence-electron chi connectivity index (χ1n) is 10.0. The molecule has 1 aliphatic heterocycles. The van der Waals surface area contributed by atoms with Crippen molar-refractivity contribution in [3.63, 3.8) is 0 Å². The van der Waals surface area contributed by atoms with Crippen molar-refractivity contribution >= 4 is 23.2 Å². The van der Waals surface area contributed by atoms with Gasteiger partial charge in [0.05, 0.1) is 4.92 Å². The number of non-ortho nitro benzene ring substituents is 1. The molecule has 0 unspecified atom stereocenters. The standard InChI is InChI=1S/C23H27N3O3/c1-25-14-11-18(12-15-25)10-13-24-23(27)22(20-7-3-2-4-8-20)17-19-6-5-9-21(16-19)26(28)29/h2-9,16-18H,10-15H2,1H3,(H,24,27)/b22-17+. The number of benzene rings is 2. The lowest BCUT2D eigenvalue weighted by Gasteiger charge is -2.28. The molecule has 6 nitrogen and oxygen atoms in total. The quantitative estimate of drug-likeness (QED) is 0.334. The van der Waals surface area contributed by atoms with Crippen LogP contribution in [-0.2, 0) is 4.79 Å². The number of nitro groups is 1. The van der Waals surface area contributed by atoms with Crippen LogP contribution < -0.4 is 5.32 Å². The van der Waals surface area contributed by atoms with Crippen LogP contribution in [0.4, 0.5) is 5.69 Å². The lowest BCUT2D eigenvalue weighted by atomic mass is 9.94. The van der Waals surface area contributed by atoms with E-state index in [-0.39, 0.29) is 11.6 Å². The second-order valence-electron chi connectivity index (χ2n) is 7.57. The first-order valence-corrected chi connectivity index (χ1v) is 10.0. The maximum absolute atomic E-state index is 12.9. The van der Waals surface area contributed by atoms with Gasteiger partial charge in [0.15, 0.2) is 0 Å². The van der Waals surface area contributed by atoms with Crippen molar-refractivity contribution in [2.24, 2.45) is 5.92 Å². The molecule has 6 heteroatoms. The predicted molar refractivity (Wildman–Crippen MR) is 115 cm³/mol. The summed E-state index contributed by atoms with van der Waals surface area (Å²) in [5, 5.41) is 14.1. The Hall–Kier alpha value is -2.99. The molecule has 0 aliphatic carbocycles. The molecule has 1 fully saturated rings. The second-order valence-corrected chi connectivity index (χ2v) is 7.57. The van der Waals surface area contributed by atoms with Gasteiger partial charge in [-0.2, -0.15) is 0 Å². The zero-order valence-electron chi connectivity index (χ0n) is 16.7. The molecule has 2 aromatic carbocycles. The van der Waals surface area contributed by atoms with Gasteiger partial charge in [-0.15, -0.1) is 0 Å². The summed E-state index contributed by atoms with van der Waals surface area (Å²) >= 11 is 0. The summed E-state index contributed by atoms with van der Waals surface area (Å²) in [5.74, 6) is 0.489. The number of hydrogen-bond acceptors (Lipinski definition) is 4. The van der Waals surface area contributed by atoms with Crippen molar-refractivity contribution in [1.29, 1.82) is 0 Å². The largest absolute Gasteiger partial charge is 0.352 e. The van der Waals surface area contributed by atoms with E-state index in [2.05, 4.69) is 17.3 Å². The molecule has 152 valence electrons. The predicted octanol–water partition coefficient (Wildman–Crippen LogP) is 3.98. The van der Waals surface area contributed by atoms with Crippen LogP contribution in [0.5, 0.6) is 0 Å². The number of rotatable bonds is 7. The highest BCUT2D eigenvalue weighted by atomic mass is 16.6. The molecule has 0 bridgehead atoms. The highest BCUT2D eigenvalue weighted by Crippen LogP contribution is 2.22. The van der Waals surface area contributed by atoms with Crippen LogP contribution in [0.25, 0.3) is 11.6 Å². The summed E-state index contributed by atoms with van der Waals surface area (Å²) in [7, 11) is 2.14. The van der Waals surface area contributed by atoms with Crippen LogP contribution in [0.1, 0.15) is 30.4 Å². The number of hydrogen-bond donors (Lipinski definition) is 1. The summed E-state index contributed by atoms with van der Waals surface area (Å²) in [5.41, 5.74) is 1.93. The molecule has 0 saturated carbocycles. The van der Waals surface area contributed by atoms with Crippen molar-refractivity contribution in [2.45, 2.75) is 19.3 Å². The third-order valence-electron chi connectivity index (χ3n) is 5.40. The van der Waals surface area contributed by atoms with Gasteiger partial charge in [-0.05, 0) is 62.5 Å². The number of amides is 1. The van der Waals surface area contributed by atoms with E-state index in [1.807, 2.05) is 30.3 Å². The van der Waals surface area contributed by atoms with Gasteiger partial charge < -0.3 is 10.2 Å². The second kappa shape index (κ2) is 9.98. The molecule has 0 atom stereocenters. The Morgan fingerprint density at radius 3 is 2.59 bits per heavy atom. The van der Waals surface area contributed by atoms with Crippen LogP contribution in [0.15, 0.2) is 54.6 Å². The molecule has 0 radical (unpaired) electrons. The normalized spacial score (nSPS) is 15.8. The molecular formula is C23H27N3O3. The third kappa shape index (κ3) is 5.99. The first kappa shape index (κ1) is 20.7. The van der Waals surface area contributed by atoms with Gasteiger partial charge in [-0.25, -0.2) is 0 Å². The van der Waals surface area contributed by atoms with Gasteiger partial charge in [-0.3, -0.25) is 14.9 Å². The number of nitro benzene ring substituents is 1. The van der Waals surface area contributed by atoms with E-state index in [1.165, 1.54) is 25.0 Å². The smallest absolute Gasteiger partial charge is 0.270 e. The zero-order valence-corrected chi connectivity index (χ0v) is 16.7. The maximum atomic E-state index is 12.9. The fraction of sp³-hybridized carbons (Fsp3) is 0.348. The van der Waals surface area contributed by atoms with Crippen molar-refractivity contribution < 1.29 is 9.72 Å². The van der Waals surface area contributed by atoms with E-state index in [0.717, 1.165) is 25.1 Å². The van der Waals surface area contributed by atoms with Crippen molar-refractivity contribution in [1.82, 2.24) is 10.2 Å². The number of nitrogens with one attached hydrogen (secondary N) is 1. The number of likely N-dealkylation sites (tertiary alicyclic amines) is 1. The summed E-state index contributed by atoms with van der Waals surface area (Å²) < 4.78 is 0. The van der Waals surface area contributed by atoms with E-state index < -0.39 is 4.92 Å². The summed E-state index contributed by atoms with van der Waals surface area (Å²) in [6.45, 7) is 2.85. The van der Waals surface area contributed by atoms with Crippen LogP contribution in [-0.4, -0.2) is 42.4 Å². The van der Waals surface area contributed by atoms with Crippen LogP contribution >= 0.6 is 0 Å². The van der Waals surface area contributed by atoms with E-state index in [4.69, 9.17) is 0 Å². The molecule has 0 spiro atoms. The number of carbonyl (C=O) groups excluding carboxylic acids is 1. The molecule has 29 heavy (non-hydrogen) atoms. The van der Waals surface area contributed by atoms with Gasteiger partial charge in [0.2, 0.25) is 0 Å². The van der Waals surface area contributed by atoms with E-state index in [1.54, 1.807) is 18.2 Å². The fourth-order valence-corrected chi connectivity index (χ4v) is 3.63. The molecule has 2 aromatic rings. The number of piperidine rings is 1. The average molecular weight is 393 g/mol. The van der Waals surface area contributed by atoms with E-state index in [9.17, 15) is 14.9 Å². The van der Waals surface area contributed by atoms with Crippen molar-refractivity contribution in [2.75, 3.05) is 26.7 Å². The summed E-state index contributed by atoms with van der Waals surface area (Å²) in [4.78, 5) is 25.9. The molecule has 0 aromatic heterocycles. The van der Waals surface area contributed by atoms with Crippen LogP contribution in [0, 0.1) is 16.0 Å². The van der Waals surface area contributed by atoms with Crippen LogP contribution in [0.2, 0.25) is 0 Å². The van der Waals surface area contributed by atoms with Gasteiger partial charge in [0.1, 0.15) is 0 Å². The Labute approximate surface area is 171 Å². The highest BCUT2D eigenvalue weighted by molar-refractivity contribution is 6.24. The first-order chi connectivity index (χ1) is 14.0. The van der Waals surface area contributed by atoms with Gasteiger partial charge >= 0.3 is 0 Å². The molecular weight excluding hydrogens is 366 g/mol. The Kier molecular flexibility index (Phi) is 7.14. The Morgan fingerprint density at radius 1 is 1.17 bits per heavy atom. The third-order valence-corrected chi connectivity index (χ3v) is 5.40. The van der Waals surface area contributed by atoms with Crippen molar-refractivity contribution in [3.8, 4) is 0 Å². The fourth-order valence-electron chi connectivity index (χ4n) is 3.63. The highest BCUT2D eigenvalue weighted by Gasteiger charge is 2.18. The molecule has 1 amide bonds. The number of carbonyl (C=O) groups is 1. The van der Waals surface area contributed by atoms with Gasteiger partial charge in [0, 0.05) is 24.3 Å². The molecule has 1 aliphatic rings. The minimum atomic E-state index is -0.429. The van der Waals surface area contributed by atoms with Gasteiger partial charge in [-0.1, -0.05) is 42.5 Å². The summed E-state index contributed by atoms with van der Waals surface area (Å²) in [6, 6.07) is 15.7. The maximum Gasteiger partial charge on any atom is 0.270 e. The number of nitrogens with zero attached hydrogens (tertiary/aromatic N) is 2. The Bertz CT molecular complexity index is 872. The molecule has 1 N–H and O–H groups in total. The Balaban J connectivity index is 1.73. The van der Waals surface area contributed by atoms with E-state index >= 15 is 0 Å². The Morgan fingerprint density at radius 2 is 1.90 bits per heavy atom. The lowest BCUT2D eigenvalue weighted by Crippen LogP contribution is -2.33. The monoisotopic (exact) mass is 393 g/mol. The SMILES string of the molecule is CN1CCC(CCNC(=O)/C(=C/c2cccc([N+](=O)[O-])c2)c2ccccc2)CC1. The topological polar surface area (TPSA) is 75.5 Å². The van der Waals surface area contributed by atoms with Crippen molar-refractivity contribution in [3.05, 3.63) is 75.8 Å². The molecule has 3 rings (SSSR count). The lowest BCUT2D eigenvalue weighted by molar-refractivity contribution is -0.384. The average Bonchev–Trinajstić information content (AvgIpc) is 2.74.